The van der Waals surface area contributed by atoms with E-state index in [2.05, 4.69) is 16.0 Å². The van der Waals surface area contributed by atoms with E-state index in [0.717, 1.165) is 33.9 Å². The lowest BCUT2D eigenvalue weighted by atomic mass is 9.56. The van der Waals surface area contributed by atoms with E-state index in [4.69, 9.17) is 5.26 Å². The second kappa shape index (κ2) is 4.49. The first kappa shape index (κ1) is 11.7. The van der Waals surface area contributed by atoms with E-state index in [1.165, 1.54) is 32.1 Å². The number of nitriles is 1. The molecular formula is C15H17N3S. The Morgan fingerprint density at radius 2 is 1.74 bits per heavy atom. The summed E-state index contributed by atoms with van der Waals surface area (Å²) in [6.07, 6.45) is 10.6. The van der Waals surface area contributed by atoms with Gasteiger partial charge in [-0.15, -0.1) is 11.8 Å². The van der Waals surface area contributed by atoms with Crippen LogP contribution in [0, 0.1) is 35.0 Å². The molecule has 4 fully saturated rings. The number of rotatable bonds is 2. The molecular weight excluding hydrogens is 254 g/mol. The molecule has 0 radical (unpaired) electrons. The predicted molar refractivity (Wildman–Crippen MR) is 73.4 cm³/mol. The standard InChI is InChI=1S/C15H17N3S/c16-6-13-7-17-8-14(18-13)19-15-11-2-9-1-10(4-11)5-12(15)3-9/h7-12,15H,1-5H2. The third-order valence-corrected chi connectivity index (χ3v) is 6.60. The van der Waals surface area contributed by atoms with Gasteiger partial charge in [0.1, 0.15) is 11.1 Å². The predicted octanol–water partition coefficient (Wildman–Crippen LogP) is 3.27. The summed E-state index contributed by atoms with van der Waals surface area (Å²) in [6, 6.07) is 2.08. The van der Waals surface area contributed by atoms with Crippen molar-refractivity contribution in [2.75, 3.05) is 0 Å². The van der Waals surface area contributed by atoms with Crippen LogP contribution in [-0.4, -0.2) is 15.2 Å². The first-order valence-corrected chi connectivity index (χ1v) is 8.08. The Morgan fingerprint density at radius 1 is 1.05 bits per heavy atom. The number of thioether (sulfide) groups is 1. The first-order valence-electron chi connectivity index (χ1n) is 7.20. The highest BCUT2D eigenvalue weighted by Crippen LogP contribution is 2.57. The Balaban J connectivity index is 1.55. The smallest absolute Gasteiger partial charge is 0.160 e. The van der Waals surface area contributed by atoms with E-state index in [9.17, 15) is 0 Å². The van der Waals surface area contributed by atoms with Gasteiger partial charge in [-0.2, -0.15) is 5.26 Å². The maximum Gasteiger partial charge on any atom is 0.160 e. The fraction of sp³-hybridized carbons (Fsp3) is 0.667. The molecule has 4 saturated carbocycles. The van der Waals surface area contributed by atoms with Crippen LogP contribution >= 0.6 is 11.8 Å². The second-order valence-corrected chi connectivity index (χ2v) is 7.57. The molecule has 19 heavy (non-hydrogen) atoms. The monoisotopic (exact) mass is 271 g/mol. The molecule has 0 saturated heterocycles. The average Bonchev–Trinajstić information content (AvgIpc) is 2.42. The molecule has 1 heterocycles. The zero-order valence-corrected chi connectivity index (χ0v) is 11.6. The average molecular weight is 271 g/mol. The zero-order chi connectivity index (χ0) is 12.8. The Labute approximate surface area is 117 Å². The number of hydrogen-bond acceptors (Lipinski definition) is 4. The van der Waals surface area contributed by atoms with Crippen LogP contribution in [0.5, 0.6) is 0 Å². The lowest BCUT2D eigenvalue weighted by Crippen LogP contribution is -2.46. The fourth-order valence-corrected chi connectivity index (χ4v) is 6.05. The Kier molecular flexibility index (Phi) is 2.77. The molecule has 3 nitrogen and oxygen atoms in total. The minimum absolute atomic E-state index is 0.439. The van der Waals surface area contributed by atoms with Gasteiger partial charge in [-0.3, -0.25) is 4.98 Å². The molecule has 0 aromatic carbocycles. The summed E-state index contributed by atoms with van der Waals surface area (Å²) in [5.74, 6) is 3.79. The molecule has 4 heteroatoms. The third kappa shape index (κ3) is 2.04. The number of aromatic nitrogens is 2. The van der Waals surface area contributed by atoms with Crippen LogP contribution in [0.2, 0.25) is 0 Å². The number of nitrogens with zero attached hydrogens (tertiary/aromatic N) is 3. The highest BCUT2D eigenvalue weighted by atomic mass is 32.2. The molecule has 4 aliphatic rings. The van der Waals surface area contributed by atoms with Crippen LogP contribution in [0.1, 0.15) is 37.8 Å². The molecule has 1 aromatic rings. The van der Waals surface area contributed by atoms with E-state index in [0.29, 0.717) is 5.69 Å². The van der Waals surface area contributed by atoms with Crippen LogP contribution < -0.4 is 0 Å². The summed E-state index contributed by atoms with van der Waals surface area (Å²) in [6.45, 7) is 0. The maximum absolute atomic E-state index is 8.91. The van der Waals surface area contributed by atoms with Gasteiger partial charge in [0, 0.05) is 5.25 Å². The van der Waals surface area contributed by atoms with Crippen molar-refractivity contribution in [1.29, 1.82) is 5.26 Å². The largest absolute Gasteiger partial charge is 0.259 e. The van der Waals surface area contributed by atoms with Crippen molar-refractivity contribution < 1.29 is 0 Å². The maximum atomic E-state index is 8.91. The lowest BCUT2D eigenvalue weighted by Gasteiger charge is -2.54. The highest BCUT2D eigenvalue weighted by Gasteiger charge is 2.48. The molecule has 0 amide bonds. The second-order valence-electron chi connectivity index (χ2n) is 6.37. The van der Waals surface area contributed by atoms with Gasteiger partial charge >= 0.3 is 0 Å². The lowest BCUT2D eigenvalue weighted by molar-refractivity contribution is 0.0267. The molecule has 98 valence electrons. The SMILES string of the molecule is N#Cc1cncc(SC2C3CC4CC(C3)CC2C4)n1. The first-order chi connectivity index (χ1) is 9.31. The molecule has 0 aliphatic heterocycles. The van der Waals surface area contributed by atoms with Gasteiger partial charge in [0.2, 0.25) is 0 Å². The third-order valence-electron chi connectivity index (χ3n) is 5.12. The van der Waals surface area contributed by atoms with Crippen LogP contribution in [0.15, 0.2) is 17.4 Å². The van der Waals surface area contributed by atoms with Crippen molar-refractivity contribution in [3.8, 4) is 6.07 Å². The van der Waals surface area contributed by atoms with E-state index < -0.39 is 0 Å². The molecule has 1 aromatic heterocycles. The topological polar surface area (TPSA) is 49.6 Å². The summed E-state index contributed by atoms with van der Waals surface area (Å²) in [7, 11) is 0. The van der Waals surface area contributed by atoms with Crippen LogP contribution in [0.25, 0.3) is 0 Å². The highest BCUT2D eigenvalue weighted by molar-refractivity contribution is 7.99. The van der Waals surface area contributed by atoms with Gasteiger partial charge in [-0.25, -0.2) is 4.98 Å². The van der Waals surface area contributed by atoms with Gasteiger partial charge in [0.05, 0.1) is 12.4 Å². The van der Waals surface area contributed by atoms with Gasteiger partial charge in [0.15, 0.2) is 5.69 Å². The minimum atomic E-state index is 0.439. The molecule has 4 aliphatic carbocycles. The van der Waals surface area contributed by atoms with Crippen LogP contribution in [-0.2, 0) is 0 Å². The van der Waals surface area contributed by atoms with Crippen molar-refractivity contribution in [1.82, 2.24) is 9.97 Å². The van der Waals surface area contributed by atoms with Crippen molar-refractivity contribution in [3.63, 3.8) is 0 Å². The Morgan fingerprint density at radius 3 is 2.37 bits per heavy atom. The molecule has 0 spiro atoms. The van der Waals surface area contributed by atoms with Crippen molar-refractivity contribution in [2.24, 2.45) is 23.7 Å². The van der Waals surface area contributed by atoms with Crippen LogP contribution in [0.4, 0.5) is 0 Å². The van der Waals surface area contributed by atoms with E-state index in [1.807, 2.05) is 18.0 Å². The summed E-state index contributed by atoms with van der Waals surface area (Å²) in [4.78, 5) is 8.51. The van der Waals surface area contributed by atoms with Gasteiger partial charge in [-0.1, -0.05) is 0 Å². The Bertz CT molecular complexity index is 508. The molecule has 5 rings (SSSR count). The van der Waals surface area contributed by atoms with Crippen LogP contribution in [0.3, 0.4) is 0 Å². The minimum Gasteiger partial charge on any atom is -0.259 e. The summed E-state index contributed by atoms with van der Waals surface area (Å²) in [5.41, 5.74) is 0.439. The van der Waals surface area contributed by atoms with E-state index in [1.54, 1.807) is 6.20 Å². The van der Waals surface area contributed by atoms with Gasteiger partial charge < -0.3 is 0 Å². The van der Waals surface area contributed by atoms with Crippen molar-refractivity contribution >= 4 is 11.8 Å². The van der Waals surface area contributed by atoms with E-state index >= 15 is 0 Å². The van der Waals surface area contributed by atoms with Crippen molar-refractivity contribution in [2.45, 2.75) is 42.4 Å². The molecule has 0 N–H and O–H groups in total. The quantitative estimate of drug-likeness (QED) is 0.828. The summed E-state index contributed by atoms with van der Waals surface area (Å²) >= 11 is 1.88. The zero-order valence-electron chi connectivity index (χ0n) is 10.8. The summed E-state index contributed by atoms with van der Waals surface area (Å²) < 4.78 is 0. The fourth-order valence-electron chi connectivity index (χ4n) is 4.67. The normalized spacial score (nSPS) is 39.2. The number of hydrogen-bond donors (Lipinski definition) is 0. The van der Waals surface area contributed by atoms with Crippen molar-refractivity contribution in [3.05, 3.63) is 18.1 Å². The molecule has 0 atom stereocenters. The Hall–Kier alpha value is -1.08. The summed E-state index contributed by atoms with van der Waals surface area (Å²) in [5, 5.41) is 10.6. The molecule has 4 bridgehead atoms. The van der Waals surface area contributed by atoms with E-state index in [-0.39, 0.29) is 0 Å². The molecule has 0 unspecified atom stereocenters. The van der Waals surface area contributed by atoms with Gasteiger partial charge in [-0.05, 0) is 55.8 Å². The van der Waals surface area contributed by atoms with Gasteiger partial charge in [0.25, 0.3) is 0 Å².